The van der Waals surface area contributed by atoms with Crippen LogP contribution < -0.4 is 5.32 Å². The van der Waals surface area contributed by atoms with E-state index >= 15 is 0 Å². The van der Waals surface area contributed by atoms with Crippen LogP contribution in [0.3, 0.4) is 0 Å². The van der Waals surface area contributed by atoms with Crippen molar-refractivity contribution >= 4 is 5.88 Å². The van der Waals surface area contributed by atoms with Crippen LogP contribution in [0.15, 0.2) is 59.0 Å². The standard InChI is InChI=1S/C21H22N4O/c1-15-9-11-17(12-10-15)20-24-18(13-22)21(26-20)23-14-19(25(2)3)16-7-5-4-6-8-16/h4-12,19,23H,14H2,1-3H3/t19-/m0/s1. The zero-order valence-electron chi connectivity index (χ0n) is 15.2. The van der Waals surface area contributed by atoms with Gasteiger partial charge in [0.1, 0.15) is 6.07 Å². The normalized spacial score (nSPS) is 12.0. The first-order valence-corrected chi connectivity index (χ1v) is 8.51. The van der Waals surface area contributed by atoms with Gasteiger partial charge in [-0.2, -0.15) is 10.2 Å². The van der Waals surface area contributed by atoms with Crippen LogP contribution in [-0.4, -0.2) is 30.5 Å². The minimum atomic E-state index is 0.149. The van der Waals surface area contributed by atoms with Crippen molar-refractivity contribution in [2.75, 3.05) is 26.0 Å². The van der Waals surface area contributed by atoms with Gasteiger partial charge in [0.15, 0.2) is 0 Å². The minimum absolute atomic E-state index is 0.149. The highest BCUT2D eigenvalue weighted by atomic mass is 16.4. The molecule has 0 aliphatic carbocycles. The zero-order valence-corrected chi connectivity index (χ0v) is 15.2. The lowest BCUT2D eigenvalue weighted by Crippen LogP contribution is -2.26. The molecule has 0 radical (unpaired) electrons. The SMILES string of the molecule is Cc1ccc(-c2nc(C#N)c(NC[C@@H](c3ccccc3)N(C)C)o2)cc1. The number of nitrogens with zero attached hydrogens (tertiary/aromatic N) is 3. The summed E-state index contributed by atoms with van der Waals surface area (Å²) in [5.74, 6) is 0.857. The highest BCUT2D eigenvalue weighted by Gasteiger charge is 2.18. The van der Waals surface area contributed by atoms with E-state index in [-0.39, 0.29) is 11.7 Å². The molecule has 2 aromatic carbocycles. The molecule has 3 rings (SSSR count). The van der Waals surface area contributed by atoms with Gasteiger partial charge in [-0.15, -0.1) is 0 Å². The predicted octanol–water partition coefficient (Wildman–Crippen LogP) is 4.24. The Morgan fingerprint density at radius 2 is 1.81 bits per heavy atom. The van der Waals surface area contributed by atoms with E-state index in [0.717, 1.165) is 11.1 Å². The molecule has 0 unspecified atom stereocenters. The Bertz CT molecular complexity index is 892. The largest absolute Gasteiger partial charge is 0.419 e. The maximum atomic E-state index is 9.39. The Balaban J connectivity index is 1.81. The molecule has 0 spiro atoms. The van der Waals surface area contributed by atoms with E-state index in [1.165, 1.54) is 5.56 Å². The smallest absolute Gasteiger partial charge is 0.232 e. The second-order valence-electron chi connectivity index (χ2n) is 6.45. The van der Waals surface area contributed by atoms with Gasteiger partial charge in [-0.1, -0.05) is 48.0 Å². The number of hydrogen-bond acceptors (Lipinski definition) is 5. The summed E-state index contributed by atoms with van der Waals surface area (Å²) in [5, 5.41) is 12.6. The Hall–Kier alpha value is -3.10. The summed E-state index contributed by atoms with van der Waals surface area (Å²) in [6.45, 7) is 2.63. The van der Waals surface area contributed by atoms with E-state index in [1.54, 1.807) is 0 Å². The van der Waals surface area contributed by atoms with Gasteiger partial charge in [0.05, 0.1) is 6.04 Å². The molecule has 1 aromatic heterocycles. The lowest BCUT2D eigenvalue weighted by atomic mass is 10.1. The average Bonchev–Trinajstić information content (AvgIpc) is 3.06. The summed E-state index contributed by atoms with van der Waals surface area (Å²) < 4.78 is 5.83. The summed E-state index contributed by atoms with van der Waals surface area (Å²) in [6, 6.07) is 20.4. The number of rotatable bonds is 6. The summed E-state index contributed by atoms with van der Waals surface area (Å²) in [4.78, 5) is 6.45. The minimum Gasteiger partial charge on any atom is -0.419 e. The molecule has 1 atom stereocenters. The van der Waals surface area contributed by atoms with Gasteiger partial charge in [-0.05, 0) is 38.7 Å². The van der Waals surface area contributed by atoms with Crippen molar-refractivity contribution in [3.05, 3.63) is 71.4 Å². The third-order valence-electron chi connectivity index (χ3n) is 4.30. The number of aromatic nitrogens is 1. The van der Waals surface area contributed by atoms with Crippen molar-refractivity contribution in [3.63, 3.8) is 0 Å². The van der Waals surface area contributed by atoms with Crippen molar-refractivity contribution in [1.82, 2.24) is 9.88 Å². The van der Waals surface area contributed by atoms with Gasteiger partial charge in [0, 0.05) is 12.1 Å². The molecule has 0 amide bonds. The maximum Gasteiger partial charge on any atom is 0.232 e. The van der Waals surface area contributed by atoms with E-state index in [4.69, 9.17) is 4.42 Å². The van der Waals surface area contributed by atoms with Crippen LogP contribution in [0, 0.1) is 18.3 Å². The molecule has 0 saturated heterocycles. The maximum absolute atomic E-state index is 9.39. The molecule has 1 N–H and O–H groups in total. The molecular weight excluding hydrogens is 324 g/mol. The van der Waals surface area contributed by atoms with E-state index in [0.29, 0.717) is 18.3 Å². The fraction of sp³-hybridized carbons (Fsp3) is 0.238. The molecule has 26 heavy (non-hydrogen) atoms. The topological polar surface area (TPSA) is 65.1 Å². The number of oxazole rings is 1. The second-order valence-corrected chi connectivity index (χ2v) is 6.45. The number of likely N-dealkylation sites (N-methyl/N-ethyl adjacent to an activating group) is 1. The number of nitrogens with one attached hydrogen (secondary N) is 1. The fourth-order valence-electron chi connectivity index (χ4n) is 2.80. The summed E-state index contributed by atoms with van der Waals surface area (Å²) >= 11 is 0. The Kier molecular flexibility index (Phi) is 5.35. The van der Waals surface area contributed by atoms with Crippen molar-refractivity contribution in [2.45, 2.75) is 13.0 Å². The summed E-state index contributed by atoms with van der Waals surface area (Å²) in [6.07, 6.45) is 0. The Morgan fingerprint density at radius 1 is 1.12 bits per heavy atom. The molecule has 3 aromatic rings. The molecular formula is C21H22N4O. The molecule has 5 nitrogen and oxygen atoms in total. The van der Waals surface area contributed by atoms with Crippen molar-refractivity contribution in [1.29, 1.82) is 5.26 Å². The van der Waals surface area contributed by atoms with Crippen LogP contribution in [0.1, 0.15) is 22.9 Å². The van der Waals surface area contributed by atoms with E-state index in [9.17, 15) is 5.26 Å². The number of aryl methyl sites for hydroxylation is 1. The first kappa shape index (κ1) is 17.7. The third kappa shape index (κ3) is 3.93. The van der Waals surface area contributed by atoms with Crippen LogP contribution in [0.4, 0.5) is 5.88 Å². The first-order valence-electron chi connectivity index (χ1n) is 8.51. The molecule has 0 saturated carbocycles. The van der Waals surface area contributed by atoms with E-state index in [2.05, 4.69) is 33.4 Å². The molecule has 1 heterocycles. The summed E-state index contributed by atoms with van der Waals surface area (Å²) in [5.41, 5.74) is 3.48. The number of anilines is 1. The summed E-state index contributed by atoms with van der Waals surface area (Å²) in [7, 11) is 4.06. The van der Waals surface area contributed by atoms with Gasteiger partial charge in [0.25, 0.3) is 0 Å². The molecule has 5 heteroatoms. The second kappa shape index (κ2) is 7.85. The lowest BCUT2D eigenvalue weighted by molar-refractivity contribution is 0.310. The number of nitriles is 1. The van der Waals surface area contributed by atoms with Gasteiger partial charge in [0.2, 0.25) is 17.5 Å². The Morgan fingerprint density at radius 3 is 2.42 bits per heavy atom. The highest BCUT2D eigenvalue weighted by Crippen LogP contribution is 2.27. The van der Waals surface area contributed by atoms with E-state index < -0.39 is 0 Å². The first-order chi connectivity index (χ1) is 12.6. The molecule has 0 aliphatic rings. The van der Waals surface area contributed by atoms with Crippen molar-refractivity contribution in [3.8, 4) is 17.5 Å². The van der Waals surface area contributed by atoms with Crippen LogP contribution in [0.5, 0.6) is 0 Å². The van der Waals surface area contributed by atoms with Gasteiger partial charge in [-0.25, -0.2) is 0 Å². The molecule has 0 aliphatic heterocycles. The Labute approximate surface area is 153 Å². The third-order valence-corrected chi connectivity index (χ3v) is 4.30. The number of hydrogen-bond donors (Lipinski definition) is 1. The zero-order chi connectivity index (χ0) is 18.5. The quantitative estimate of drug-likeness (QED) is 0.723. The van der Waals surface area contributed by atoms with Crippen LogP contribution in [0.25, 0.3) is 11.5 Å². The van der Waals surface area contributed by atoms with Crippen molar-refractivity contribution < 1.29 is 4.42 Å². The highest BCUT2D eigenvalue weighted by molar-refractivity contribution is 5.59. The van der Waals surface area contributed by atoms with Crippen LogP contribution in [-0.2, 0) is 0 Å². The predicted molar refractivity (Wildman–Crippen MR) is 103 cm³/mol. The molecule has 0 bridgehead atoms. The van der Waals surface area contributed by atoms with Gasteiger partial charge in [-0.3, -0.25) is 0 Å². The van der Waals surface area contributed by atoms with Crippen LogP contribution >= 0.6 is 0 Å². The lowest BCUT2D eigenvalue weighted by Gasteiger charge is -2.24. The molecule has 132 valence electrons. The fourth-order valence-corrected chi connectivity index (χ4v) is 2.80. The average molecular weight is 346 g/mol. The number of benzene rings is 2. The molecule has 0 fully saturated rings. The van der Waals surface area contributed by atoms with Gasteiger partial charge >= 0.3 is 0 Å². The van der Waals surface area contributed by atoms with Crippen LogP contribution in [0.2, 0.25) is 0 Å². The van der Waals surface area contributed by atoms with Gasteiger partial charge < -0.3 is 14.6 Å². The van der Waals surface area contributed by atoms with Crippen molar-refractivity contribution in [2.24, 2.45) is 0 Å². The van der Waals surface area contributed by atoms with E-state index in [1.807, 2.05) is 63.5 Å². The monoisotopic (exact) mass is 346 g/mol.